The van der Waals surface area contributed by atoms with E-state index in [1.165, 1.54) is 42.4 Å². The van der Waals surface area contributed by atoms with Crippen LogP contribution in [0.5, 0.6) is 0 Å². The van der Waals surface area contributed by atoms with Gasteiger partial charge in [0.15, 0.2) is 0 Å². The Bertz CT molecular complexity index is 459. The molecule has 0 bridgehead atoms. The van der Waals surface area contributed by atoms with Gasteiger partial charge in [-0.2, -0.15) is 5.26 Å². The molecule has 0 aromatic heterocycles. The molecule has 88 valence electrons. The van der Waals surface area contributed by atoms with Crippen molar-refractivity contribution in [2.24, 2.45) is 0 Å². The van der Waals surface area contributed by atoms with Gasteiger partial charge in [0.2, 0.25) is 0 Å². The van der Waals surface area contributed by atoms with Crippen LogP contribution in [0.1, 0.15) is 56.6 Å². The maximum absolute atomic E-state index is 8.89. The number of allylic oxidation sites excluding steroid dienone is 2. The summed E-state index contributed by atoms with van der Waals surface area (Å²) in [7, 11) is 0. The standard InChI is InChI=1S/C16H19N/c1-12-5-3-4-6-16(12)15-9-7-14(8-10-15)13(2)11-17/h7-10,13H,3-6H2,1-2H3. The average molecular weight is 225 g/mol. The topological polar surface area (TPSA) is 23.8 Å². The molecule has 0 radical (unpaired) electrons. The van der Waals surface area contributed by atoms with Gasteiger partial charge in [0, 0.05) is 0 Å². The minimum absolute atomic E-state index is 0.00881. The molecule has 2 rings (SSSR count). The van der Waals surface area contributed by atoms with E-state index in [1.807, 2.05) is 6.92 Å². The van der Waals surface area contributed by atoms with Crippen molar-refractivity contribution < 1.29 is 0 Å². The molecule has 0 amide bonds. The van der Waals surface area contributed by atoms with E-state index in [0.29, 0.717) is 0 Å². The molecule has 1 aromatic rings. The van der Waals surface area contributed by atoms with Crippen molar-refractivity contribution in [1.29, 1.82) is 5.26 Å². The van der Waals surface area contributed by atoms with Gasteiger partial charge in [0.1, 0.15) is 0 Å². The van der Waals surface area contributed by atoms with Crippen LogP contribution in [0.3, 0.4) is 0 Å². The van der Waals surface area contributed by atoms with Crippen molar-refractivity contribution in [3.05, 3.63) is 41.0 Å². The second-order valence-electron chi connectivity index (χ2n) is 4.94. The molecule has 1 aliphatic rings. The molecule has 0 spiro atoms. The normalized spacial score (nSPS) is 17.7. The third kappa shape index (κ3) is 2.58. The zero-order valence-corrected chi connectivity index (χ0v) is 10.7. The molecular formula is C16H19N. The highest BCUT2D eigenvalue weighted by Gasteiger charge is 2.11. The first-order valence-corrected chi connectivity index (χ1v) is 6.41. The summed E-state index contributed by atoms with van der Waals surface area (Å²) in [6, 6.07) is 10.8. The minimum Gasteiger partial charge on any atom is -0.198 e. The lowest BCUT2D eigenvalue weighted by atomic mass is 9.87. The van der Waals surface area contributed by atoms with E-state index >= 15 is 0 Å². The van der Waals surface area contributed by atoms with E-state index in [1.54, 1.807) is 0 Å². The van der Waals surface area contributed by atoms with Crippen LogP contribution in [0.25, 0.3) is 5.57 Å². The lowest BCUT2D eigenvalue weighted by molar-refractivity contribution is 0.714. The number of hydrogen-bond acceptors (Lipinski definition) is 1. The molecule has 0 aliphatic heterocycles. The summed E-state index contributed by atoms with van der Waals surface area (Å²) in [4.78, 5) is 0. The molecule has 1 heteroatoms. The van der Waals surface area contributed by atoms with Gasteiger partial charge >= 0.3 is 0 Å². The predicted octanol–water partition coefficient (Wildman–Crippen LogP) is 4.66. The van der Waals surface area contributed by atoms with Crippen LogP contribution < -0.4 is 0 Å². The maximum atomic E-state index is 8.89. The SMILES string of the molecule is CC1=C(c2ccc(C(C)C#N)cc2)CCCC1. The molecule has 1 atom stereocenters. The highest BCUT2D eigenvalue weighted by Crippen LogP contribution is 2.32. The lowest BCUT2D eigenvalue weighted by Gasteiger charge is -2.18. The number of hydrogen-bond donors (Lipinski definition) is 0. The summed E-state index contributed by atoms with van der Waals surface area (Å²) in [6.45, 7) is 4.19. The smallest absolute Gasteiger partial charge is 0.0700 e. The third-order valence-corrected chi connectivity index (χ3v) is 3.70. The molecule has 0 fully saturated rings. The zero-order valence-electron chi connectivity index (χ0n) is 10.7. The molecule has 0 saturated heterocycles. The van der Waals surface area contributed by atoms with Gasteiger partial charge in [-0.05, 0) is 56.2 Å². The van der Waals surface area contributed by atoms with Crippen LogP contribution in [0.2, 0.25) is 0 Å². The minimum atomic E-state index is -0.00881. The van der Waals surface area contributed by atoms with E-state index in [0.717, 1.165) is 5.56 Å². The first-order chi connectivity index (χ1) is 8.22. The molecule has 1 nitrogen and oxygen atoms in total. The summed E-state index contributed by atoms with van der Waals surface area (Å²) in [6.07, 6.45) is 5.09. The number of rotatable bonds is 2. The van der Waals surface area contributed by atoms with Crippen molar-refractivity contribution in [3.63, 3.8) is 0 Å². The number of nitrogens with zero attached hydrogens (tertiary/aromatic N) is 1. The van der Waals surface area contributed by atoms with Crippen molar-refractivity contribution in [1.82, 2.24) is 0 Å². The summed E-state index contributed by atoms with van der Waals surface area (Å²) in [5.74, 6) is -0.00881. The van der Waals surface area contributed by atoms with Gasteiger partial charge in [0.05, 0.1) is 12.0 Å². The summed E-state index contributed by atoms with van der Waals surface area (Å²) in [5, 5.41) is 8.89. The van der Waals surface area contributed by atoms with Crippen LogP contribution in [0.15, 0.2) is 29.8 Å². The van der Waals surface area contributed by atoms with Crippen molar-refractivity contribution in [3.8, 4) is 6.07 Å². The first-order valence-electron chi connectivity index (χ1n) is 6.41. The van der Waals surface area contributed by atoms with E-state index in [-0.39, 0.29) is 5.92 Å². The average Bonchev–Trinajstić information content (AvgIpc) is 2.39. The van der Waals surface area contributed by atoms with Crippen LogP contribution in [0, 0.1) is 11.3 Å². The molecule has 1 aliphatic carbocycles. The highest BCUT2D eigenvalue weighted by molar-refractivity contribution is 5.69. The summed E-state index contributed by atoms with van der Waals surface area (Å²) >= 11 is 0. The fourth-order valence-corrected chi connectivity index (χ4v) is 2.49. The Kier molecular flexibility index (Phi) is 3.64. The quantitative estimate of drug-likeness (QED) is 0.718. The molecule has 1 unspecified atom stereocenters. The van der Waals surface area contributed by atoms with Gasteiger partial charge in [-0.1, -0.05) is 29.8 Å². The van der Waals surface area contributed by atoms with Gasteiger partial charge in [0.25, 0.3) is 0 Å². The molecule has 1 aromatic carbocycles. The Labute approximate surface area is 104 Å². The first kappa shape index (κ1) is 11.9. The van der Waals surface area contributed by atoms with E-state index < -0.39 is 0 Å². The van der Waals surface area contributed by atoms with Crippen molar-refractivity contribution in [2.75, 3.05) is 0 Å². The molecule has 17 heavy (non-hydrogen) atoms. The molecule has 0 heterocycles. The number of nitriles is 1. The van der Waals surface area contributed by atoms with Crippen LogP contribution in [0.4, 0.5) is 0 Å². The Balaban J connectivity index is 2.27. The third-order valence-electron chi connectivity index (χ3n) is 3.70. The van der Waals surface area contributed by atoms with Crippen molar-refractivity contribution in [2.45, 2.75) is 45.4 Å². The van der Waals surface area contributed by atoms with Gasteiger partial charge in [-0.3, -0.25) is 0 Å². The number of benzene rings is 1. The predicted molar refractivity (Wildman–Crippen MR) is 71.5 cm³/mol. The van der Waals surface area contributed by atoms with Gasteiger partial charge in [-0.15, -0.1) is 0 Å². The molecular weight excluding hydrogens is 206 g/mol. The summed E-state index contributed by atoms with van der Waals surface area (Å²) in [5.41, 5.74) is 5.52. The van der Waals surface area contributed by atoms with Gasteiger partial charge in [-0.25, -0.2) is 0 Å². The Hall–Kier alpha value is -1.55. The van der Waals surface area contributed by atoms with Gasteiger partial charge < -0.3 is 0 Å². The summed E-state index contributed by atoms with van der Waals surface area (Å²) < 4.78 is 0. The zero-order chi connectivity index (χ0) is 12.3. The Morgan fingerprint density at radius 1 is 1.12 bits per heavy atom. The fraction of sp³-hybridized carbons (Fsp3) is 0.438. The van der Waals surface area contributed by atoms with Crippen LogP contribution in [-0.4, -0.2) is 0 Å². The highest BCUT2D eigenvalue weighted by atomic mass is 14.3. The molecule has 0 saturated carbocycles. The van der Waals surface area contributed by atoms with E-state index in [4.69, 9.17) is 5.26 Å². The second-order valence-corrected chi connectivity index (χ2v) is 4.94. The monoisotopic (exact) mass is 225 g/mol. The van der Waals surface area contributed by atoms with Crippen LogP contribution in [-0.2, 0) is 0 Å². The van der Waals surface area contributed by atoms with Crippen LogP contribution >= 0.6 is 0 Å². The Morgan fingerprint density at radius 3 is 2.35 bits per heavy atom. The lowest BCUT2D eigenvalue weighted by Crippen LogP contribution is -1.97. The van der Waals surface area contributed by atoms with E-state index in [2.05, 4.69) is 37.3 Å². The van der Waals surface area contributed by atoms with E-state index in [9.17, 15) is 0 Å². The maximum Gasteiger partial charge on any atom is 0.0700 e. The Morgan fingerprint density at radius 2 is 1.76 bits per heavy atom. The molecule has 0 N–H and O–H groups in total. The second kappa shape index (κ2) is 5.19. The largest absolute Gasteiger partial charge is 0.198 e. The fourth-order valence-electron chi connectivity index (χ4n) is 2.49. The van der Waals surface area contributed by atoms with Crippen molar-refractivity contribution >= 4 is 5.57 Å².